The molecule has 0 aliphatic heterocycles. The summed E-state index contributed by atoms with van der Waals surface area (Å²) in [7, 11) is 0. The summed E-state index contributed by atoms with van der Waals surface area (Å²) in [4.78, 5) is 11.7. The Bertz CT molecular complexity index is 533. The molecule has 1 atom stereocenters. The molecule has 2 aromatic carbocycles. The zero-order valence-electron chi connectivity index (χ0n) is 9.61. The quantitative estimate of drug-likeness (QED) is 0.853. The number of rotatable bonds is 3. The van der Waals surface area contributed by atoms with Crippen molar-refractivity contribution >= 4 is 38.3 Å². The highest BCUT2D eigenvalue weighted by atomic mass is 79.9. The van der Waals surface area contributed by atoms with Crippen molar-refractivity contribution < 1.29 is 4.79 Å². The van der Waals surface area contributed by atoms with Crippen LogP contribution in [0.5, 0.6) is 0 Å². The van der Waals surface area contributed by atoms with Gasteiger partial charge in [-0.05, 0) is 17.9 Å². The van der Waals surface area contributed by atoms with Crippen LogP contribution in [0.1, 0.15) is 13.3 Å². The molecular formula is C14H14BrNO. The van der Waals surface area contributed by atoms with Crippen molar-refractivity contribution in [1.82, 2.24) is 0 Å². The van der Waals surface area contributed by atoms with E-state index in [2.05, 4.69) is 21.2 Å². The van der Waals surface area contributed by atoms with Gasteiger partial charge in [0.25, 0.3) is 0 Å². The minimum Gasteiger partial charge on any atom is -0.325 e. The first-order chi connectivity index (χ1) is 8.22. The lowest BCUT2D eigenvalue weighted by molar-refractivity contribution is -0.115. The molecule has 0 aliphatic rings. The molecule has 3 heteroatoms. The monoisotopic (exact) mass is 291 g/mol. The van der Waals surface area contributed by atoms with Crippen LogP contribution in [0.4, 0.5) is 5.69 Å². The van der Waals surface area contributed by atoms with E-state index in [0.29, 0.717) is 0 Å². The average Bonchev–Trinajstić information content (AvgIpc) is 2.38. The van der Waals surface area contributed by atoms with Gasteiger partial charge in [0.15, 0.2) is 0 Å². The summed E-state index contributed by atoms with van der Waals surface area (Å²) in [5.74, 6) is 0.00357. The Kier molecular flexibility index (Phi) is 3.79. The summed E-state index contributed by atoms with van der Waals surface area (Å²) >= 11 is 3.35. The van der Waals surface area contributed by atoms with Gasteiger partial charge in [-0.15, -0.1) is 0 Å². The number of hydrogen-bond acceptors (Lipinski definition) is 1. The van der Waals surface area contributed by atoms with Gasteiger partial charge in [0, 0.05) is 11.1 Å². The smallest absolute Gasteiger partial charge is 0.238 e. The van der Waals surface area contributed by atoms with Crippen molar-refractivity contribution in [1.29, 1.82) is 0 Å². The highest BCUT2D eigenvalue weighted by molar-refractivity contribution is 9.10. The number of carbonyl (C=O) groups excluding carboxylic acids is 1. The Morgan fingerprint density at radius 2 is 1.94 bits per heavy atom. The maximum Gasteiger partial charge on any atom is 0.238 e. The molecule has 0 radical (unpaired) electrons. The Hall–Kier alpha value is -1.35. The predicted octanol–water partition coefficient (Wildman–Crippen LogP) is 3.95. The van der Waals surface area contributed by atoms with Crippen molar-refractivity contribution in [2.45, 2.75) is 18.2 Å². The van der Waals surface area contributed by atoms with E-state index >= 15 is 0 Å². The van der Waals surface area contributed by atoms with Crippen molar-refractivity contribution in [2.24, 2.45) is 0 Å². The van der Waals surface area contributed by atoms with Crippen molar-refractivity contribution in [3.63, 3.8) is 0 Å². The van der Waals surface area contributed by atoms with Gasteiger partial charge >= 0.3 is 0 Å². The lowest BCUT2D eigenvalue weighted by atomic mass is 10.1. The summed E-state index contributed by atoms with van der Waals surface area (Å²) in [6.45, 7) is 1.97. The van der Waals surface area contributed by atoms with E-state index < -0.39 is 0 Å². The third-order valence-corrected chi connectivity index (χ3v) is 3.75. The summed E-state index contributed by atoms with van der Waals surface area (Å²) < 4.78 is 0. The molecule has 2 rings (SSSR count). The zero-order chi connectivity index (χ0) is 12.3. The summed E-state index contributed by atoms with van der Waals surface area (Å²) in [6, 6.07) is 13.9. The van der Waals surface area contributed by atoms with E-state index in [9.17, 15) is 4.79 Å². The Morgan fingerprint density at radius 1 is 1.24 bits per heavy atom. The molecule has 1 N–H and O–H groups in total. The maximum absolute atomic E-state index is 11.8. The standard InChI is InChI=1S/C14H14BrNO/c1-2-12(15)14(17)16-13-9-5-7-10-6-3-4-8-11(10)13/h3-9,12H,2H2,1H3,(H,16,17). The molecule has 0 aromatic heterocycles. The number of halogens is 1. The molecule has 2 nitrogen and oxygen atoms in total. The van der Waals surface area contributed by atoms with E-state index in [-0.39, 0.29) is 10.7 Å². The number of fused-ring (bicyclic) bond motifs is 1. The SMILES string of the molecule is CCC(Br)C(=O)Nc1cccc2ccccc12. The third kappa shape index (κ3) is 2.67. The summed E-state index contributed by atoms with van der Waals surface area (Å²) in [5, 5.41) is 5.15. The summed E-state index contributed by atoms with van der Waals surface area (Å²) in [6.07, 6.45) is 0.774. The zero-order valence-corrected chi connectivity index (χ0v) is 11.2. The molecule has 0 spiro atoms. The Labute approximate surface area is 109 Å². The van der Waals surface area contributed by atoms with Crippen molar-refractivity contribution in [2.75, 3.05) is 5.32 Å². The van der Waals surface area contributed by atoms with E-state index in [0.717, 1.165) is 22.9 Å². The predicted molar refractivity (Wildman–Crippen MR) is 75.6 cm³/mol. The normalized spacial score (nSPS) is 12.4. The molecule has 0 aliphatic carbocycles. The van der Waals surface area contributed by atoms with E-state index in [4.69, 9.17) is 0 Å². The number of hydrogen-bond donors (Lipinski definition) is 1. The summed E-state index contributed by atoms with van der Waals surface area (Å²) in [5.41, 5.74) is 0.867. The molecule has 0 fully saturated rings. The van der Waals surface area contributed by atoms with Crippen LogP contribution in [0.2, 0.25) is 0 Å². The van der Waals surface area contributed by atoms with Crippen LogP contribution in [0, 0.1) is 0 Å². The average molecular weight is 292 g/mol. The van der Waals surface area contributed by atoms with Crippen LogP contribution in [0.3, 0.4) is 0 Å². The molecule has 0 saturated carbocycles. The molecule has 1 amide bonds. The Morgan fingerprint density at radius 3 is 2.71 bits per heavy atom. The molecule has 17 heavy (non-hydrogen) atoms. The van der Waals surface area contributed by atoms with Crippen LogP contribution in [0.15, 0.2) is 42.5 Å². The van der Waals surface area contributed by atoms with Gasteiger partial charge in [0.1, 0.15) is 0 Å². The first-order valence-electron chi connectivity index (χ1n) is 5.65. The molecule has 88 valence electrons. The minimum absolute atomic E-state index is 0.00357. The van der Waals surface area contributed by atoms with Gasteiger partial charge < -0.3 is 5.32 Å². The number of carbonyl (C=O) groups is 1. The minimum atomic E-state index is -0.138. The molecule has 0 saturated heterocycles. The second-order valence-electron chi connectivity index (χ2n) is 3.89. The molecular weight excluding hydrogens is 278 g/mol. The van der Waals surface area contributed by atoms with Crippen LogP contribution in [0.25, 0.3) is 10.8 Å². The topological polar surface area (TPSA) is 29.1 Å². The maximum atomic E-state index is 11.8. The largest absolute Gasteiger partial charge is 0.325 e. The number of anilines is 1. The van der Waals surface area contributed by atoms with Crippen LogP contribution in [-0.2, 0) is 4.79 Å². The second kappa shape index (κ2) is 5.32. The third-order valence-electron chi connectivity index (χ3n) is 2.69. The van der Waals surface area contributed by atoms with Gasteiger partial charge in [-0.3, -0.25) is 4.79 Å². The molecule has 1 unspecified atom stereocenters. The lowest BCUT2D eigenvalue weighted by Gasteiger charge is -2.11. The fourth-order valence-electron chi connectivity index (χ4n) is 1.73. The van der Waals surface area contributed by atoms with E-state index in [1.807, 2.05) is 49.4 Å². The van der Waals surface area contributed by atoms with Gasteiger partial charge in [-0.1, -0.05) is 59.3 Å². The first-order valence-corrected chi connectivity index (χ1v) is 6.56. The van der Waals surface area contributed by atoms with Crippen LogP contribution in [-0.4, -0.2) is 10.7 Å². The van der Waals surface area contributed by atoms with Gasteiger partial charge in [0.2, 0.25) is 5.91 Å². The van der Waals surface area contributed by atoms with Gasteiger partial charge in [-0.2, -0.15) is 0 Å². The van der Waals surface area contributed by atoms with Gasteiger partial charge in [-0.25, -0.2) is 0 Å². The highest BCUT2D eigenvalue weighted by Gasteiger charge is 2.13. The highest BCUT2D eigenvalue weighted by Crippen LogP contribution is 2.23. The fourth-order valence-corrected chi connectivity index (χ4v) is 1.85. The van der Waals surface area contributed by atoms with Crippen molar-refractivity contribution in [3.8, 4) is 0 Å². The first kappa shape index (κ1) is 12.1. The Balaban J connectivity index is 2.33. The number of nitrogens with one attached hydrogen (secondary N) is 1. The molecule has 2 aromatic rings. The van der Waals surface area contributed by atoms with Crippen LogP contribution < -0.4 is 5.32 Å². The number of amides is 1. The fraction of sp³-hybridized carbons (Fsp3) is 0.214. The van der Waals surface area contributed by atoms with Crippen molar-refractivity contribution in [3.05, 3.63) is 42.5 Å². The van der Waals surface area contributed by atoms with Gasteiger partial charge in [0.05, 0.1) is 4.83 Å². The number of benzene rings is 2. The lowest BCUT2D eigenvalue weighted by Crippen LogP contribution is -2.22. The van der Waals surface area contributed by atoms with E-state index in [1.54, 1.807) is 0 Å². The second-order valence-corrected chi connectivity index (χ2v) is 5.00. The molecule has 0 heterocycles. The van der Waals surface area contributed by atoms with E-state index in [1.165, 1.54) is 0 Å². The molecule has 0 bridgehead atoms. The number of alkyl halides is 1. The van der Waals surface area contributed by atoms with Crippen LogP contribution >= 0.6 is 15.9 Å².